The van der Waals surface area contributed by atoms with Crippen LogP contribution in [0.1, 0.15) is 13.3 Å². The molecule has 6 heteroatoms. The van der Waals surface area contributed by atoms with Gasteiger partial charge in [-0.15, -0.1) is 15.3 Å². The molecule has 1 atom stereocenters. The van der Waals surface area contributed by atoms with Crippen LogP contribution in [0.2, 0.25) is 5.54 Å². The largest absolute Gasteiger partial charge is 0.399 e. The highest BCUT2D eigenvalue weighted by Crippen LogP contribution is 2.19. The Hall–Kier alpha value is -0.0731. The molecule has 1 radical (unpaired) electrons. The minimum Gasteiger partial charge on any atom is -0.399 e. The lowest BCUT2D eigenvalue weighted by Gasteiger charge is -2.18. The standard InChI is InChI=1S/C8H16BrN2O2Si/c1-7(14(9)6-12)2-4-11-5-3-10-8(11)13/h7,12H,2-6H2,1H3,(H,10,13). The molecule has 0 spiro atoms. The van der Waals surface area contributed by atoms with Gasteiger partial charge in [0.15, 0.2) is 7.42 Å². The molecule has 0 aromatic heterocycles. The van der Waals surface area contributed by atoms with Crippen LogP contribution in [0.5, 0.6) is 0 Å². The zero-order valence-corrected chi connectivity index (χ0v) is 10.9. The van der Waals surface area contributed by atoms with E-state index < -0.39 is 7.42 Å². The van der Waals surface area contributed by atoms with E-state index in [0.29, 0.717) is 5.54 Å². The van der Waals surface area contributed by atoms with E-state index in [2.05, 4.69) is 27.5 Å². The fraction of sp³-hybridized carbons (Fsp3) is 0.875. The van der Waals surface area contributed by atoms with Gasteiger partial charge in [-0.1, -0.05) is 6.92 Å². The number of hydrogen-bond acceptors (Lipinski definition) is 2. The van der Waals surface area contributed by atoms with Crippen LogP contribution in [-0.4, -0.2) is 49.3 Å². The first-order valence-electron chi connectivity index (χ1n) is 4.80. The molecule has 0 saturated carbocycles. The maximum atomic E-state index is 11.2. The van der Waals surface area contributed by atoms with Crippen LogP contribution < -0.4 is 5.32 Å². The third kappa shape index (κ3) is 3.25. The summed E-state index contributed by atoms with van der Waals surface area (Å²) in [5, 5.41) is 11.7. The Balaban J connectivity index is 2.22. The molecule has 1 heterocycles. The number of rotatable bonds is 5. The summed E-state index contributed by atoms with van der Waals surface area (Å²) in [6.07, 6.45) is 1.21. The summed E-state index contributed by atoms with van der Waals surface area (Å²) in [7, 11) is -0.806. The van der Waals surface area contributed by atoms with E-state index in [1.165, 1.54) is 0 Å². The van der Waals surface area contributed by atoms with Crippen LogP contribution in [-0.2, 0) is 0 Å². The van der Waals surface area contributed by atoms with Gasteiger partial charge in [-0.05, 0) is 12.0 Å². The van der Waals surface area contributed by atoms with Gasteiger partial charge in [0.2, 0.25) is 0 Å². The van der Waals surface area contributed by atoms with Crippen molar-refractivity contribution in [3.05, 3.63) is 0 Å². The van der Waals surface area contributed by atoms with Crippen LogP contribution >= 0.6 is 15.3 Å². The number of carbonyl (C=O) groups excluding carboxylic acids is 1. The van der Waals surface area contributed by atoms with Crippen molar-refractivity contribution in [3.8, 4) is 0 Å². The summed E-state index contributed by atoms with van der Waals surface area (Å²) in [5.74, 6) is 0. The van der Waals surface area contributed by atoms with Crippen molar-refractivity contribution >= 4 is 28.7 Å². The molecule has 0 aromatic rings. The smallest absolute Gasteiger partial charge is 0.317 e. The molecule has 0 aliphatic carbocycles. The van der Waals surface area contributed by atoms with E-state index >= 15 is 0 Å². The zero-order valence-electron chi connectivity index (χ0n) is 8.29. The van der Waals surface area contributed by atoms with E-state index in [4.69, 9.17) is 5.11 Å². The van der Waals surface area contributed by atoms with Crippen LogP contribution in [0.3, 0.4) is 0 Å². The van der Waals surface area contributed by atoms with E-state index in [-0.39, 0.29) is 12.3 Å². The number of urea groups is 1. The predicted molar refractivity (Wildman–Crippen MR) is 60.8 cm³/mol. The number of nitrogens with zero attached hydrogens (tertiary/aromatic N) is 1. The second-order valence-corrected chi connectivity index (χ2v) is 8.76. The van der Waals surface area contributed by atoms with Gasteiger partial charge in [-0.25, -0.2) is 4.79 Å². The van der Waals surface area contributed by atoms with Crippen LogP contribution in [0.15, 0.2) is 0 Å². The summed E-state index contributed by atoms with van der Waals surface area (Å²) in [5.41, 5.74) is 0.485. The highest BCUT2D eigenvalue weighted by Gasteiger charge is 2.22. The lowest BCUT2D eigenvalue weighted by Crippen LogP contribution is -2.30. The van der Waals surface area contributed by atoms with Gasteiger partial charge in [0.05, 0.1) is 0 Å². The first-order chi connectivity index (χ1) is 6.65. The molecule has 1 rings (SSSR count). The van der Waals surface area contributed by atoms with Crippen LogP contribution in [0.4, 0.5) is 4.79 Å². The Morgan fingerprint density at radius 3 is 3.00 bits per heavy atom. The number of carbonyl (C=O) groups is 1. The quantitative estimate of drug-likeness (QED) is 0.575. The molecule has 1 aliphatic rings. The second-order valence-electron chi connectivity index (χ2n) is 3.51. The molecule has 1 unspecified atom stereocenters. The highest BCUT2D eigenvalue weighted by atomic mass is 79.9. The van der Waals surface area contributed by atoms with Crippen LogP contribution in [0, 0.1) is 0 Å². The van der Waals surface area contributed by atoms with Gasteiger partial charge in [-0.3, -0.25) is 0 Å². The summed E-state index contributed by atoms with van der Waals surface area (Å²) in [6, 6.07) is 0.0459. The summed E-state index contributed by atoms with van der Waals surface area (Å²) in [6.45, 7) is 4.49. The van der Waals surface area contributed by atoms with E-state index in [0.717, 1.165) is 26.1 Å². The molecule has 2 N–H and O–H groups in total. The normalized spacial score (nSPS) is 18.9. The highest BCUT2D eigenvalue weighted by molar-refractivity contribution is 9.24. The number of aliphatic hydroxyl groups excluding tert-OH is 1. The fourth-order valence-corrected chi connectivity index (χ4v) is 2.83. The lowest BCUT2D eigenvalue weighted by molar-refractivity contribution is 0.216. The summed E-state index contributed by atoms with van der Waals surface area (Å²) >= 11 is 3.50. The Morgan fingerprint density at radius 1 is 1.79 bits per heavy atom. The van der Waals surface area contributed by atoms with Crippen molar-refractivity contribution in [3.63, 3.8) is 0 Å². The summed E-state index contributed by atoms with van der Waals surface area (Å²) < 4.78 is 0. The fourth-order valence-electron chi connectivity index (χ4n) is 1.39. The Morgan fingerprint density at radius 2 is 2.50 bits per heavy atom. The average molecular weight is 280 g/mol. The third-order valence-electron chi connectivity index (χ3n) is 2.46. The molecule has 1 fully saturated rings. The summed E-state index contributed by atoms with van der Waals surface area (Å²) in [4.78, 5) is 13.0. The maximum Gasteiger partial charge on any atom is 0.317 e. The molecule has 81 valence electrons. The Labute approximate surface area is 93.8 Å². The third-order valence-corrected chi connectivity index (χ3v) is 7.22. The second kappa shape index (κ2) is 5.72. The van der Waals surface area contributed by atoms with Crippen molar-refractivity contribution < 1.29 is 9.90 Å². The number of hydrogen-bond donors (Lipinski definition) is 2. The minimum atomic E-state index is -0.806. The number of halogens is 1. The number of aliphatic hydroxyl groups is 1. The van der Waals surface area contributed by atoms with E-state index in [1.807, 2.05) is 4.90 Å². The molecular formula is C8H16BrN2O2Si. The maximum absolute atomic E-state index is 11.2. The first-order valence-corrected chi connectivity index (χ1v) is 8.84. The average Bonchev–Trinajstić information content (AvgIpc) is 2.59. The zero-order chi connectivity index (χ0) is 10.6. The van der Waals surface area contributed by atoms with Crippen molar-refractivity contribution in [1.82, 2.24) is 10.2 Å². The van der Waals surface area contributed by atoms with E-state index in [9.17, 15) is 4.79 Å². The molecule has 2 amide bonds. The molecule has 0 bridgehead atoms. The SMILES string of the molecule is CC(CCN1CCNC1=O)[Si](Br)CO. The Kier molecular flexibility index (Phi) is 4.90. The van der Waals surface area contributed by atoms with E-state index in [1.54, 1.807) is 0 Å². The monoisotopic (exact) mass is 279 g/mol. The van der Waals surface area contributed by atoms with Gasteiger partial charge in [0.25, 0.3) is 0 Å². The van der Waals surface area contributed by atoms with Crippen molar-refractivity contribution in [2.24, 2.45) is 0 Å². The molecule has 0 aromatic carbocycles. The Bertz CT molecular complexity index is 206. The molecule has 14 heavy (non-hydrogen) atoms. The van der Waals surface area contributed by atoms with Gasteiger partial charge in [-0.2, -0.15) is 0 Å². The number of nitrogens with one attached hydrogen (secondary N) is 1. The van der Waals surface area contributed by atoms with Gasteiger partial charge >= 0.3 is 6.03 Å². The van der Waals surface area contributed by atoms with Gasteiger partial charge in [0, 0.05) is 25.9 Å². The first kappa shape index (κ1) is 12.0. The lowest BCUT2D eigenvalue weighted by atomic mass is 10.3. The molecule has 4 nitrogen and oxygen atoms in total. The molecule has 1 aliphatic heterocycles. The number of amides is 2. The van der Waals surface area contributed by atoms with Crippen molar-refractivity contribution in [2.45, 2.75) is 18.9 Å². The topological polar surface area (TPSA) is 52.6 Å². The van der Waals surface area contributed by atoms with Crippen molar-refractivity contribution in [1.29, 1.82) is 0 Å². The van der Waals surface area contributed by atoms with Crippen molar-refractivity contribution in [2.75, 3.05) is 25.9 Å². The molecule has 1 saturated heterocycles. The minimum absolute atomic E-state index is 0.0459. The van der Waals surface area contributed by atoms with Gasteiger partial charge < -0.3 is 15.3 Å². The van der Waals surface area contributed by atoms with Crippen LogP contribution in [0.25, 0.3) is 0 Å². The predicted octanol–water partition coefficient (Wildman–Crippen LogP) is 0.710. The molecular weight excluding hydrogens is 264 g/mol. The van der Waals surface area contributed by atoms with Gasteiger partial charge in [0.1, 0.15) is 0 Å².